The summed E-state index contributed by atoms with van der Waals surface area (Å²) in [5.74, 6) is -0.575. The van der Waals surface area contributed by atoms with E-state index < -0.39 is 24.5 Å². The lowest BCUT2D eigenvalue weighted by Crippen LogP contribution is -2.31. The number of hydrogen-bond acceptors (Lipinski definition) is 10. The predicted molar refractivity (Wildman–Crippen MR) is 95.4 cm³/mol. The van der Waals surface area contributed by atoms with Gasteiger partial charge in [0.05, 0.1) is 20.3 Å². The Kier molecular flexibility index (Phi) is 5.64. The van der Waals surface area contributed by atoms with Gasteiger partial charge < -0.3 is 39.0 Å². The molecule has 10 heteroatoms. The normalized spacial score (nSPS) is 17.5. The fraction of sp³-hybridized carbons (Fsp3) is 0.263. The average molecular weight is 406 g/mol. The summed E-state index contributed by atoms with van der Waals surface area (Å²) in [6.07, 6.45) is -3.97. The molecule has 0 fully saturated rings. The number of phenolic OH excluding ortho intramolecular Hbond substituents is 2. The van der Waals surface area contributed by atoms with Crippen LogP contribution in [0.25, 0.3) is 0 Å². The van der Waals surface area contributed by atoms with Gasteiger partial charge in [0.15, 0.2) is 11.5 Å². The number of aliphatic hydroxyl groups is 1. The van der Waals surface area contributed by atoms with E-state index in [1.54, 1.807) is 0 Å². The first-order chi connectivity index (χ1) is 13.8. The van der Waals surface area contributed by atoms with Crippen molar-refractivity contribution in [2.75, 3.05) is 14.2 Å². The van der Waals surface area contributed by atoms with E-state index in [1.165, 1.54) is 30.3 Å². The number of carbonyl (C=O) groups excluding carboxylic acids is 2. The highest BCUT2D eigenvalue weighted by molar-refractivity contribution is 5.68. The van der Waals surface area contributed by atoms with Crippen LogP contribution >= 0.6 is 0 Å². The molecule has 0 aliphatic carbocycles. The van der Waals surface area contributed by atoms with Crippen molar-refractivity contribution in [3.8, 4) is 28.7 Å². The maximum absolute atomic E-state index is 11.6. The van der Waals surface area contributed by atoms with Gasteiger partial charge in [-0.3, -0.25) is 0 Å². The summed E-state index contributed by atoms with van der Waals surface area (Å²) in [7, 11) is 2.26. The van der Waals surface area contributed by atoms with E-state index in [9.17, 15) is 24.9 Å². The summed E-state index contributed by atoms with van der Waals surface area (Å²) in [6, 6.07) is 6.63. The number of fused-ring (bicyclic) bond motifs is 1. The van der Waals surface area contributed by atoms with Gasteiger partial charge in [-0.05, 0) is 17.7 Å². The molecule has 2 aromatic rings. The van der Waals surface area contributed by atoms with E-state index in [0.29, 0.717) is 11.1 Å². The zero-order chi connectivity index (χ0) is 21.1. The first-order valence-electron chi connectivity index (χ1n) is 8.37. The van der Waals surface area contributed by atoms with Crippen molar-refractivity contribution in [3.63, 3.8) is 0 Å². The molecule has 0 aromatic heterocycles. The van der Waals surface area contributed by atoms with Gasteiger partial charge in [0, 0.05) is 24.1 Å². The van der Waals surface area contributed by atoms with Crippen LogP contribution in [0.5, 0.6) is 28.7 Å². The Morgan fingerprint density at radius 3 is 2.34 bits per heavy atom. The number of phenols is 2. The Balaban J connectivity index is 2.00. The number of ether oxygens (including phenoxy) is 5. The van der Waals surface area contributed by atoms with Crippen molar-refractivity contribution >= 4 is 12.3 Å². The summed E-state index contributed by atoms with van der Waals surface area (Å²) in [5, 5.41) is 29.8. The highest BCUT2D eigenvalue weighted by Gasteiger charge is 2.33. The van der Waals surface area contributed by atoms with E-state index in [0.717, 1.165) is 14.2 Å². The van der Waals surface area contributed by atoms with Crippen LogP contribution in [-0.4, -0.2) is 48.0 Å². The third kappa shape index (κ3) is 4.27. The largest absolute Gasteiger partial charge is 0.513 e. The van der Waals surface area contributed by atoms with Crippen molar-refractivity contribution in [1.82, 2.24) is 0 Å². The summed E-state index contributed by atoms with van der Waals surface area (Å²) < 4.78 is 24.8. The van der Waals surface area contributed by atoms with Crippen molar-refractivity contribution in [2.45, 2.75) is 18.6 Å². The van der Waals surface area contributed by atoms with Crippen LogP contribution in [0.15, 0.2) is 30.3 Å². The smallest absolute Gasteiger partial charge is 0.504 e. The second-order valence-corrected chi connectivity index (χ2v) is 6.07. The maximum atomic E-state index is 11.6. The van der Waals surface area contributed by atoms with Gasteiger partial charge in [0.25, 0.3) is 0 Å². The second kappa shape index (κ2) is 8.15. The molecule has 0 saturated carbocycles. The molecule has 2 aromatic carbocycles. The molecule has 1 aliphatic rings. The third-order valence-corrected chi connectivity index (χ3v) is 4.21. The Morgan fingerprint density at radius 1 is 1.00 bits per heavy atom. The Labute approximate surface area is 164 Å². The van der Waals surface area contributed by atoms with Crippen molar-refractivity contribution in [3.05, 3.63) is 41.5 Å². The zero-order valence-electron chi connectivity index (χ0n) is 15.4. The molecule has 0 saturated heterocycles. The first kappa shape index (κ1) is 20.1. The molecule has 2 atom stereocenters. The fourth-order valence-electron chi connectivity index (χ4n) is 2.86. The molecule has 2 unspecified atom stereocenters. The molecular weight excluding hydrogens is 388 g/mol. The minimum absolute atomic E-state index is 0.0203. The summed E-state index contributed by atoms with van der Waals surface area (Å²) >= 11 is 0. The summed E-state index contributed by atoms with van der Waals surface area (Å²) in [5.41, 5.74) is 0.743. The number of rotatable bonds is 3. The van der Waals surface area contributed by atoms with Crippen LogP contribution in [0.4, 0.5) is 9.59 Å². The number of aromatic hydroxyl groups is 2. The summed E-state index contributed by atoms with van der Waals surface area (Å²) in [6.45, 7) is 0. The zero-order valence-corrected chi connectivity index (χ0v) is 15.4. The van der Waals surface area contributed by atoms with Crippen LogP contribution in [0, 0.1) is 0 Å². The van der Waals surface area contributed by atoms with Crippen molar-refractivity contribution < 1.29 is 48.6 Å². The van der Waals surface area contributed by atoms with E-state index in [-0.39, 0.29) is 35.2 Å². The van der Waals surface area contributed by atoms with Crippen LogP contribution in [0.3, 0.4) is 0 Å². The Bertz CT molecular complexity index is 939. The molecule has 10 nitrogen and oxygen atoms in total. The summed E-state index contributed by atoms with van der Waals surface area (Å²) in [4.78, 5) is 23.0. The van der Waals surface area contributed by atoms with Crippen LogP contribution in [-0.2, 0) is 15.9 Å². The molecule has 0 radical (unpaired) electrons. The van der Waals surface area contributed by atoms with E-state index >= 15 is 0 Å². The molecule has 154 valence electrons. The molecule has 29 heavy (non-hydrogen) atoms. The molecule has 1 aliphatic heterocycles. The fourth-order valence-corrected chi connectivity index (χ4v) is 2.86. The lowest BCUT2D eigenvalue weighted by atomic mass is 9.94. The van der Waals surface area contributed by atoms with Gasteiger partial charge in [-0.1, -0.05) is 6.07 Å². The van der Waals surface area contributed by atoms with Gasteiger partial charge in [0.1, 0.15) is 23.4 Å². The molecule has 0 bridgehead atoms. The lowest BCUT2D eigenvalue weighted by molar-refractivity contribution is 0.0193. The SMILES string of the molecule is COC(=O)Oc1cc(OC(=O)OC)c2c(c1)OC(c1ccc(O)c(O)c1)C(O)C2. The minimum atomic E-state index is -1.07. The number of benzene rings is 2. The van der Waals surface area contributed by atoms with Gasteiger partial charge in [-0.25, -0.2) is 9.59 Å². The van der Waals surface area contributed by atoms with E-state index in [1.807, 2.05) is 0 Å². The predicted octanol–water partition coefficient (Wildman–Crippen LogP) is 2.43. The lowest BCUT2D eigenvalue weighted by Gasteiger charge is -2.32. The first-order valence-corrected chi connectivity index (χ1v) is 8.37. The van der Waals surface area contributed by atoms with Crippen LogP contribution in [0.1, 0.15) is 17.2 Å². The number of aliphatic hydroxyl groups excluding tert-OH is 1. The van der Waals surface area contributed by atoms with Crippen molar-refractivity contribution in [2.24, 2.45) is 0 Å². The highest BCUT2D eigenvalue weighted by atomic mass is 16.7. The monoisotopic (exact) mass is 406 g/mol. The second-order valence-electron chi connectivity index (χ2n) is 6.07. The van der Waals surface area contributed by atoms with E-state index in [4.69, 9.17) is 14.2 Å². The molecule has 0 amide bonds. The van der Waals surface area contributed by atoms with Gasteiger partial charge in [-0.15, -0.1) is 0 Å². The number of carbonyl (C=O) groups is 2. The van der Waals surface area contributed by atoms with Gasteiger partial charge in [0.2, 0.25) is 0 Å². The topological polar surface area (TPSA) is 141 Å². The molecular formula is C19H18O10. The molecule has 3 rings (SSSR count). The molecule has 3 N–H and O–H groups in total. The quantitative estimate of drug-likeness (QED) is 0.395. The Hall–Kier alpha value is -3.66. The molecule has 1 heterocycles. The molecule has 0 spiro atoms. The Morgan fingerprint density at radius 2 is 1.69 bits per heavy atom. The maximum Gasteiger partial charge on any atom is 0.513 e. The third-order valence-electron chi connectivity index (χ3n) is 4.21. The standard InChI is InChI=1S/C19H18O10/c1-25-18(23)27-10-6-15-11(16(7-10)29-19(24)26-2)8-14(22)17(28-15)9-3-4-12(20)13(21)5-9/h3-7,14,17,20-22H,8H2,1-2H3. The van der Waals surface area contributed by atoms with Gasteiger partial charge >= 0.3 is 12.3 Å². The van der Waals surface area contributed by atoms with Crippen LogP contribution in [0.2, 0.25) is 0 Å². The van der Waals surface area contributed by atoms with Gasteiger partial charge in [-0.2, -0.15) is 0 Å². The highest BCUT2D eigenvalue weighted by Crippen LogP contribution is 2.43. The average Bonchev–Trinajstić information content (AvgIpc) is 2.70. The number of hydrogen-bond donors (Lipinski definition) is 3. The van der Waals surface area contributed by atoms with Crippen LogP contribution < -0.4 is 14.2 Å². The van der Waals surface area contributed by atoms with E-state index in [2.05, 4.69) is 9.47 Å². The van der Waals surface area contributed by atoms with Crippen molar-refractivity contribution in [1.29, 1.82) is 0 Å². The number of methoxy groups -OCH3 is 2. The minimum Gasteiger partial charge on any atom is -0.504 e.